The van der Waals surface area contributed by atoms with Crippen molar-refractivity contribution in [1.29, 1.82) is 0 Å². The molecule has 0 spiro atoms. The van der Waals surface area contributed by atoms with Gasteiger partial charge in [-0.15, -0.1) is 0 Å². The molecule has 0 radical (unpaired) electrons. The zero-order valence-corrected chi connectivity index (χ0v) is 9.99. The van der Waals surface area contributed by atoms with Crippen molar-refractivity contribution in [1.82, 2.24) is 9.97 Å². The Kier molecular flexibility index (Phi) is 3.01. The first-order valence-electron chi connectivity index (χ1n) is 5.44. The number of H-pyrrole nitrogens is 2. The van der Waals surface area contributed by atoms with Gasteiger partial charge in [0.25, 0.3) is 0 Å². The number of aromatic nitrogens is 2. The van der Waals surface area contributed by atoms with Crippen molar-refractivity contribution >= 4 is 17.0 Å². The van der Waals surface area contributed by atoms with Gasteiger partial charge in [-0.1, -0.05) is 6.92 Å². The maximum atomic E-state index is 11.6. The zero-order chi connectivity index (χ0) is 13.3. The number of aryl methyl sites for hydroxylation is 1. The van der Waals surface area contributed by atoms with Gasteiger partial charge in [0.1, 0.15) is 0 Å². The lowest BCUT2D eigenvalue weighted by Gasteiger charge is -2.07. The van der Waals surface area contributed by atoms with Crippen LogP contribution in [-0.2, 0) is 11.2 Å². The number of carbonyl (C=O) groups is 1. The topological polar surface area (TPSA) is 92.0 Å². The molecule has 1 aromatic heterocycles. The van der Waals surface area contributed by atoms with Crippen LogP contribution >= 0.6 is 0 Å². The number of fused-ring (bicyclic) bond motifs is 1. The van der Waals surface area contributed by atoms with E-state index in [4.69, 9.17) is 0 Å². The number of esters is 1. The molecule has 94 valence electrons. The highest BCUT2D eigenvalue weighted by atomic mass is 16.5. The lowest BCUT2D eigenvalue weighted by molar-refractivity contribution is 0.0599. The van der Waals surface area contributed by atoms with Crippen LogP contribution in [0.4, 0.5) is 0 Å². The Morgan fingerprint density at radius 2 is 1.72 bits per heavy atom. The molecule has 18 heavy (non-hydrogen) atoms. The van der Waals surface area contributed by atoms with Crippen LogP contribution in [0.2, 0.25) is 0 Å². The number of benzene rings is 1. The zero-order valence-electron chi connectivity index (χ0n) is 9.99. The van der Waals surface area contributed by atoms with Gasteiger partial charge in [0.05, 0.1) is 23.7 Å². The summed E-state index contributed by atoms with van der Waals surface area (Å²) < 4.78 is 4.68. The van der Waals surface area contributed by atoms with Crippen LogP contribution in [0.25, 0.3) is 11.0 Å². The van der Waals surface area contributed by atoms with Gasteiger partial charge in [-0.3, -0.25) is 9.59 Å². The van der Waals surface area contributed by atoms with E-state index in [0.29, 0.717) is 23.0 Å². The molecule has 0 saturated heterocycles. The molecule has 1 aromatic carbocycles. The van der Waals surface area contributed by atoms with E-state index >= 15 is 0 Å². The van der Waals surface area contributed by atoms with Crippen molar-refractivity contribution in [3.05, 3.63) is 44.0 Å². The molecule has 0 amide bonds. The van der Waals surface area contributed by atoms with E-state index in [0.717, 1.165) is 5.56 Å². The predicted molar refractivity (Wildman–Crippen MR) is 65.9 cm³/mol. The Bertz CT molecular complexity index is 727. The smallest absolute Gasteiger partial charge is 0.338 e. The summed E-state index contributed by atoms with van der Waals surface area (Å²) in [7, 11) is 1.29. The Balaban J connectivity index is 2.81. The van der Waals surface area contributed by atoms with Gasteiger partial charge in [0, 0.05) is 0 Å². The first-order valence-corrected chi connectivity index (χ1v) is 5.44. The Hall–Kier alpha value is -2.37. The van der Waals surface area contributed by atoms with Gasteiger partial charge >= 0.3 is 17.1 Å². The van der Waals surface area contributed by atoms with E-state index < -0.39 is 17.1 Å². The summed E-state index contributed by atoms with van der Waals surface area (Å²) in [5.41, 5.74) is 0.562. The summed E-state index contributed by atoms with van der Waals surface area (Å²) in [6, 6.07) is 3.18. The van der Waals surface area contributed by atoms with Crippen LogP contribution in [0.5, 0.6) is 0 Å². The molecule has 0 fully saturated rings. The number of hydrogen-bond acceptors (Lipinski definition) is 4. The van der Waals surface area contributed by atoms with Gasteiger partial charge in [-0.05, 0) is 24.1 Å². The predicted octanol–water partition coefficient (Wildman–Crippen LogP) is 0.565. The Morgan fingerprint density at radius 3 is 2.22 bits per heavy atom. The standard InChI is InChI=1S/C12H12N2O4/c1-3-6-4-8-9(5-7(6)12(17)18-2)14-11(16)10(15)13-8/h4-5H,3H2,1-2H3,(H,13,15)(H,14,16). The number of carbonyl (C=O) groups excluding carboxylic acids is 1. The molecular formula is C12H12N2O4. The second-order valence-corrected chi connectivity index (χ2v) is 3.81. The molecule has 6 heteroatoms. The fraction of sp³-hybridized carbons (Fsp3) is 0.250. The number of nitrogens with one attached hydrogen (secondary N) is 2. The van der Waals surface area contributed by atoms with Crippen molar-refractivity contribution in [2.45, 2.75) is 13.3 Å². The minimum Gasteiger partial charge on any atom is -0.465 e. The van der Waals surface area contributed by atoms with Gasteiger partial charge < -0.3 is 14.7 Å². The third-order valence-electron chi connectivity index (χ3n) is 2.73. The van der Waals surface area contributed by atoms with E-state index in [9.17, 15) is 14.4 Å². The molecule has 0 unspecified atom stereocenters. The summed E-state index contributed by atoms with van der Waals surface area (Å²) in [4.78, 5) is 38.9. The highest BCUT2D eigenvalue weighted by molar-refractivity contribution is 5.95. The van der Waals surface area contributed by atoms with Crippen molar-refractivity contribution in [3.63, 3.8) is 0 Å². The van der Waals surface area contributed by atoms with E-state index in [2.05, 4.69) is 14.7 Å². The number of ether oxygens (including phenoxy) is 1. The van der Waals surface area contributed by atoms with Crippen molar-refractivity contribution in [2.75, 3.05) is 7.11 Å². The first-order chi connectivity index (χ1) is 8.56. The molecule has 2 aromatic rings. The van der Waals surface area contributed by atoms with Gasteiger partial charge in [0.2, 0.25) is 0 Å². The Morgan fingerprint density at radius 1 is 1.17 bits per heavy atom. The fourth-order valence-corrected chi connectivity index (χ4v) is 1.80. The molecule has 0 atom stereocenters. The molecule has 1 heterocycles. The molecule has 0 aliphatic rings. The monoisotopic (exact) mass is 248 g/mol. The molecular weight excluding hydrogens is 236 g/mol. The first kappa shape index (κ1) is 12.1. The average Bonchev–Trinajstić information content (AvgIpc) is 2.38. The molecule has 0 aliphatic carbocycles. The maximum absolute atomic E-state index is 11.6. The van der Waals surface area contributed by atoms with Gasteiger partial charge in [0.15, 0.2) is 0 Å². The third kappa shape index (κ3) is 1.92. The van der Waals surface area contributed by atoms with E-state index in [1.54, 1.807) is 6.07 Å². The van der Waals surface area contributed by atoms with Crippen molar-refractivity contribution in [2.24, 2.45) is 0 Å². The minimum absolute atomic E-state index is 0.384. The fourth-order valence-electron chi connectivity index (χ4n) is 1.80. The summed E-state index contributed by atoms with van der Waals surface area (Å²) in [6.45, 7) is 1.89. The summed E-state index contributed by atoms with van der Waals surface area (Å²) in [5, 5.41) is 0. The second-order valence-electron chi connectivity index (χ2n) is 3.81. The highest BCUT2D eigenvalue weighted by Gasteiger charge is 2.13. The summed E-state index contributed by atoms with van der Waals surface area (Å²) in [6.07, 6.45) is 0.613. The van der Waals surface area contributed by atoms with Crippen LogP contribution in [-0.4, -0.2) is 23.0 Å². The van der Waals surface area contributed by atoms with Crippen LogP contribution in [0.3, 0.4) is 0 Å². The number of methoxy groups -OCH3 is 1. The van der Waals surface area contributed by atoms with Crippen LogP contribution in [0.1, 0.15) is 22.8 Å². The van der Waals surface area contributed by atoms with Crippen molar-refractivity contribution < 1.29 is 9.53 Å². The second kappa shape index (κ2) is 4.48. The highest BCUT2D eigenvalue weighted by Crippen LogP contribution is 2.17. The number of aromatic amines is 2. The molecule has 2 rings (SSSR count). The Labute approximate surface area is 102 Å². The van der Waals surface area contributed by atoms with E-state index in [-0.39, 0.29) is 0 Å². The van der Waals surface area contributed by atoms with Crippen LogP contribution in [0.15, 0.2) is 21.7 Å². The quantitative estimate of drug-likeness (QED) is 0.600. The molecule has 0 saturated carbocycles. The largest absolute Gasteiger partial charge is 0.465 e. The molecule has 2 N–H and O–H groups in total. The molecule has 6 nitrogen and oxygen atoms in total. The van der Waals surface area contributed by atoms with Crippen molar-refractivity contribution in [3.8, 4) is 0 Å². The number of rotatable bonds is 2. The maximum Gasteiger partial charge on any atom is 0.338 e. The van der Waals surface area contributed by atoms with Crippen LogP contribution in [0, 0.1) is 0 Å². The average molecular weight is 248 g/mol. The lowest BCUT2D eigenvalue weighted by atomic mass is 10.0. The third-order valence-corrected chi connectivity index (χ3v) is 2.73. The van der Waals surface area contributed by atoms with Gasteiger partial charge in [-0.2, -0.15) is 0 Å². The van der Waals surface area contributed by atoms with Gasteiger partial charge in [-0.25, -0.2) is 4.79 Å². The van der Waals surface area contributed by atoms with E-state index in [1.807, 2.05) is 6.92 Å². The van der Waals surface area contributed by atoms with E-state index in [1.165, 1.54) is 13.2 Å². The number of hydrogen-bond donors (Lipinski definition) is 2. The summed E-state index contributed by atoms with van der Waals surface area (Å²) in [5.74, 6) is -0.471. The SMILES string of the molecule is CCc1cc2[nH]c(=O)c(=O)[nH]c2cc1C(=O)OC. The normalized spacial score (nSPS) is 10.6. The minimum atomic E-state index is -0.748. The summed E-state index contributed by atoms with van der Waals surface area (Å²) >= 11 is 0. The lowest BCUT2D eigenvalue weighted by Crippen LogP contribution is -2.29. The van der Waals surface area contributed by atoms with Crippen LogP contribution < -0.4 is 11.1 Å². The molecule has 0 bridgehead atoms. The molecule has 0 aliphatic heterocycles.